The zero-order valence-electron chi connectivity index (χ0n) is 13.3. The second kappa shape index (κ2) is 7.20. The molecule has 0 unspecified atom stereocenters. The third-order valence-corrected chi connectivity index (χ3v) is 4.46. The van der Waals surface area contributed by atoms with Gasteiger partial charge < -0.3 is 4.57 Å². The number of benzene rings is 2. The minimum atomic E-state index is 0.868. The lowest BCUT2D eigenvalue weighted by molar-refractivity contribution is 0.737. The zero-order valence-corrected chi connectivity index (χ0v) is 14.1. The molecule has 3 aromatic rings. The van der Waals surface area contributed by atoms with Crippen LogP contribution in [0.4, 0.5) is 0 Å². The molecule has 0 saturated carbocycles. The fourth-order valence-corrected chi connectivity index (χ4v) is 3.28. The van der Waals surface area contributed by atoms with Gasteiger partial charge >= 0.3 is 0 Å². The molecule has 3 nitrogen and oxygen atoms in total. The largest absolute Gasteiger partial charge is 0.315 e. The average molecular weight is 321 g/mol. The highest BCUT2D eigenvalue weighted by Gasteiger charge is 2.05. The van der Waals surface area contributed by atoms with Gasteiger partial charge in [-0.05, 0) is 25.0 Å². The van der Waals surface area contributed by atoms with E-state index >= 15 is 0 Å². The standard InChI is InChI=1S/C19H19N3S/c1-3-22-18(17-7-5-4-6-8-17)14-23-19(22)21-20-13-16-11-9-15(2)10-12-16/h4-14H,3H2,1-2H3/b20-13-,21-19-. The van der Waals surface area contributed by atoms with Gasteiger partial charge in [-0.1, -0.05) is 60.2 Å². The molecule has 4 heteroatoms. The van der Waals surface area contributed by atoms with E-state index in [1.54, 1.807) is 17.6 Å². The summed E-state index contributed by atoms with van der Waals surface area (Å²) in [5, 5.41) is 10.8. The van der Waals surface area contributed by atoms with E-state index in [9.17, 15) is 0 Å². The Morgan fingerprint density at radius 1 is 1.04 bits per heavy atom. The summed E-state index contributed by atoms with van der Waals surface area (Å²) < 4.78 is 2.19. The van der Waals surface area contributed by atoms with Crippen molar-refractivity contribution in [1.29, 1.82) is 0 Å². The van der Waals surface area contributed by atoms with Crippen molar-refractivity contribution in [2.45, 2.75) is 20.4 Å². The normalized spacial score (nSPS) is 12.2. The Bertz CT molecular complexity index is 856. The van der Waals surface area contributed by atoms with Crippen LogP contribution < -0.4 is 4.80 Å². The third-order valence-electron chi connectivity index (χ3n) is 3.61. The first-order valence-corrected chi connectivity index (χ1v) is 8.53. The van der Waals surface area contributed by atoms with Crippen LogP contribution in [0.2, 0.25) is 0 Å². The molecule has 2 aromatic carbocycles. The molecule has 0 aliphatic heterocycles. The Hall–Kier alpha value is -2.46. The highest BCUT2D eigenvalue weighted by molar-refractivity contribution is 7.07. The van der Waals surface area contributed by atoms with Crippen LogP contribution in [0.3, 0.4) is 0 Å². The molecular weight excluding hydrogens is 302 g/mol. The number of hydrogen-bond donors (Lipinski definition) is 0. The lowest BCUT2D eigenvalue weighted by atomic mass is 10.2. The van der Waals surface area contributed by atoms with E-state index in [1.807, 2.05) is 18.2 Å². The molecule has 0 atom stereocenters. The maximum Gasteiger partial charge on any atom is 0.211 e. The molecule has 0 N–H and O–H groups in total. The van der Waals surface area contributed by atoms with Crippen molar-refractivity contribution in [2.24, 2.45) is 10.2 Å². The molecule has 23 heavy (non-hydrogen) atoms. The van der Waals surface area contributed by atoms with Gasteiger partial charge in [-0.25, -0.2) is 0 Å². The molecule has 1 aromatic heterocycles. The summed E-state index contributed by atoms with van der Waals surface area (Å²) in [6, 6.07) is 18.6. The molecule has 0 amide bonds. The fraction of sp³-hybridized carbons (Fsp3) is 0.158. The van der Waals surface area contributed by atoms with E-state index in [1.165, 1.54) is 16.8 Å². The lowest BCUT2D eigenvalue weighted by Crippen LogP contribution is -2.14. The minimum Gasteiger partial charge on any atom is -0.315 e. The van der Waals surface area contributed by atoms with Crippen LogP contribution in [0.5, 0.6) is 0 Å². The Labute approximate surface area is 140 Å². The first-order valence-electron chi connectivity index (χ1n) is 7.65. The molecule has 0 spiro atoms. The number of aromatic nitrogens is 1. The number of nitrogens with zero attached hydrogens (tertiary/aromatic N) is 3. The van der Waals surface area contributed by atoms with Gasteiger partial charge in [0.25, 0.3) is 0 Å². The van der Waals surface area contributed by atoms with Crippen molar-refractivity contribution < 1.29 is 0 Å². The highest BCUT2D eigenvalue weighted by Crippen LogP contribution is 2.19. The number of hydrogen-bond acceptors (Lipinski definition) is 3. The Morgan fingerprint density at radius 2 is 1.78 bits per heavy atom. The summed E-state index contributed by atoms with van der Waals surface area (Å²) in [6.07, 6.45) is 1.79. The van der Waals surface area contributed by atoms with Gasteiger partial charge in [0, 0.05) is 11.9 Å². The van der Waals surface area contributed by atoms with Gasteiger partial charge in [0.15, 0.2) is 0 Å². The smallest absolute Gasteiger partial charge is 0.211 e. The van der Waals surface area contributed by atoms with Crippen LogP contribution in [0.1, 0.15) is 18.1 Å². The summed E-state index contributed by atoms with van der Waals surface area (Å²) in [7, 11) is 0. The van der Waals surface area contributed by atoms with Crippen LogP contribution in [0, 0.1) is 6.92 Å². The molecule has 0 radical (unpaired) electrons. The van der Waals surface area contributed by atoms with Crippen molar-refractivity contribution in [3.05, 3.63) is 75.9 Å². The van der Waals surface area contributed by atoms with E-state index < -0.39 is 0 Å². The van der Waals surface area contributed by atoms with Gasteiger partial charge in [0.1, 0.15) is 0 Å². The maximum atomic E-state index is 4.39. The third kappa shape index (κ3) is 3.66. The fourth-order valence-electron chi connectivity index (χ4n) is 2.35. The molecule has 0 saturated heterocycles. The quantitative estimate of drug-likeness (QED) is 0.501. The predicted molar refractivity (Wildman–Crippen MR) is 97.8 cm³/mol. The van der Waals surface area contributed by atoms with E-state index in [4.69, 9.17) is 0 Å². The van der Waals surface area contributed by atoms with Crippen molar-refractivity contribution in [2.75, 3.05) is 0 Å². The van der Waals surface area contributed by atoms with Crippen LogP contribution in [-0.2, 0) is 6.54 Å². The Balaban J connectivity index is 1.91. The van der Waals surface area contributed by atoms with Gasteiger partial charge in [-0.2, -0.15) is 5.10 Å². The molecule has 0 bridgehead atoms. The van der Waals surface area contributed by atoms with Gasteiger partial charge in [-0.3, -0.25) is 0 Å². The summed E-state index contributed by atoms with van der Waals surface area (Å²) in [5.74, 6) is 0. The maximum absolute atomic E-state index is 4.39. The van der Waals surface area contributed by atoms with Crippen LogP contribution >= 0.6 is 11.3 Å². The van der Waals surface area contributed by atoms with Crippen molar-refractivity contribution >= 4 is 17.6 Å². The molecule has 116 valence electrons. The number of thiazole rings is 1. The van der Waals surface area contributed by atoms with Crippen molar-refractivity contribution in [3.63, 3.8) is 0 Å². The highest BCUT2D eigenvalue weighted by atomic mass is 32.1. The van der Waals surface area contributed by atoms with E-state index in [0.717, 1.165) is 16.9 Å². The second-order valence-electron chi connectivity index (χ2n) is 5.27. The topological polar surface area (TPSA) is 29.6 Å². The molecule has 1 heterocycles. The Morgan fingerprint density at radius 3 is 2.48 bits per heavy atom. The molecule has 0 aliphatic rings. The van der Waals surface area contributed by atoms with Crippen LogP contribution in [0.15, 0.2) is 70.2 Å². The lowest BCUT2D eigenvalue weighted by Gasteiger charge is -2.05. The van der Waals surface area contributed by atoms with E-state index in [2.05, 4.69) is 70.4 Å². The average Bonchev–Trinajstić information content (AvgIpc) is 3.00. The molecule has 0 aliphatic carbocycles. The SMILES string of the molecule is CCn1c(-c2ccccc2)cs/c1=N\N=C/c1ccc(C)cc1. The van der Waals surface area contributed by atoms with E-state index in [-0.39, 0.29) is 0 Å². The summed E-state index contributed by atoms with van der Waals surface area (Å²) >= 11 is 1.62. The van der Waals surface area contributed by atoms with Gasteiger partial charge in [0.05, 0.1) is 11.9 Å². The number of aryl methyl sites for hydroxylation is 1. The first kappa shape index (κ1) is 15.4. The minimum absolute atomic E-state index is 0.868. The molecule has 3 rings (SSSR count). The first-order chi connectivity index (χ1) is 11.3. The van der Waals surface area contributed by atoms with Gasteiger partial charge in [0.2, 0.25) is 4.80 Å². The van der Waals surface area contributed by atoms with E-state index in [0.29, 0.717) is 0 Å². The van der Waals surface area contributed by atoms with Crippen LogP contribution in [0.25, 0.3) is 11.3 Å². The van der Waals surface area contributed by atoms with Crippen LogP contribution in [-0.4, -0.2) is 10.8 Å². The van der Waals surface area contributed by atoms with Crippen molar-refractivity contribution in [1.82, 2.24) is 4.57 Å². The monoisotopic (exact) mass is 321 g/mol. The number of rotatable bonds is 4. The van der Waals surface area contributed by atoms with Crippen molar-refractivity contribution in [3.8, 4) is 11.3 Å². The molecule has 0 fully saturated rings. The van der Waals surface area contributed by atoms with Gasteiger partial charge in [-0.15, -0.1) is 16.4 Å². The summed E-state index contributed by atoms with van der Waals surface area (Å²) in [6.45, 7) is 5.07. The Kier molecular flexibility index (Phi) is 4.83. The predicted octanol–water partition coefficient (Wildman–Crippen LogP) is 4.48. The zero-order chi connectivity index (χ0) is 16.1. The second-order valence-corrected chi connectivity index (χ2v) is 6.11. The molecular formula is C19H19N3S. The summed E-state index contributed by atoms with van der Waals surface area (Å²) in [5.41, 5.74) is 4.69. The summed E-state index contributed by atoms with van der Waals surface area (Å²) in [4.78, 5) is 0.912.